The molecule has 0 saturated carbocycles. The Balaban J connectivity index is 1.75. The first-order valence-electron chi connectivity index (χ1n) is 7.98. The van der Waals surface area contributed by atoms with Crippen molar-refractivity contribution < 1.29 is 14.3 Å². The first-order valence-corrected chi connectivity index (χ1v) is 7.98. The minimum atomic E-state index is -0.434. The molecule has 1 heterocycles. The average Bonchev–Trinajstić information content (AvgIpc) is 3.17. The Hall–Kier alpha value is -2.56. The van der Waals surface area contributed by atoms with E-state index in [0.29, 0.717) is 6.61 Å². The van der Waals surface area contributed by atoms with E-state index in [2.05, 4.69) is 5.32 Å². The zero-order valence-electron chi connectivity index (χ0n) is 13.3. The van der Waals surface area contributed by atoms with Crippen LogP contribution in [0.2, 0.25) is 0 Å². The monoisotopic (exact) mass is 323 g/mol. The highest BCUT2D eigenvalue weighted by atomic mass is 16.5. The molecule has 4 heteroatoms. The largest absolute Gasteiger partial charge is 0.467 e. The van der Waals surface area contributed by atoms with Gasteiger partial charge in [-0.3, -0.25) is 0 Å². The number of aliphatic hydroxyl groups excluding tert-OH is 1. The zero-order chi connectivity index (χ0) is 16.6. The molecule has 0 spiro atoms. The van der Waals surface area contributed by atoms with E-state index in [1.54, 1.807) is 6.26 Å². The molecule has 0 aliphatic carbocycles. The number of anilines is 1. The van der Waals surface area contributed by atoms with Crippen molar-refractivity contribution in [3.63, 3.8) is 0 Å². The van der Waals surface area contributed by atoms with E-state index in [9.17, 15) is 5.11 Å². The number of nitrogens with one attached hydrogen (secondary N) is 1. The number of para-hydroxylation sites is 1. The summed E-state index contributed by atoms with van der Waals surface area (Å²) in [4.78, 5) is 0. The molecule has 0 aliphatic rings. The third kappa shape index (κ3) is 4.25. The van der Waals surface area contributed by atoms with Crippen LogP contribution in [0.3, 0.4) is 0 Å². The summed E-state index contributed by atoms with van der Waals surface area (Å²) in [7, 11) is 0. The van der Waals surface area contributed by atoms with E-state index in [4.69, 9.17) is 9.15 Å². The number of benzene rings is 2. The summed E-state index contributed by atoms with van der Waals surface area (Å²) < 4.78 is 11.5. The molecule has 2 atom stereocenters. The SMILES string of the molecule is OCC(OCc1ccccc1)C(Nc1ccccc1)c1ccco1. The molecule has 2 N–H and O–H groups in total. The van der Waals surface area contributed by atoms with Crippen molar-refractivity contribution in [1.29, 1.82) is 0 Å². The molecule has 0 amide bonds. The van der Waals surface area contributed by atoms with Gasteiger partial charge in [0.15, 0.2) is 0 Å². The van der Waals surface area contributed by atoms with Gasteiger partial charge in [-0.15, -0.1) is 0 Å². The maximum Gasteiger partial charge on any atom is 0.128 e. The topological polar surface area (TPSA) is 54.6 Å². The van der Waals surface area contributed by atoms with Crippen LogP contribution in [0.5, 0.6) is 0 Å². The predicted molar refractivity (Wildman–Crippen MR) is 93.6 cm³/mol. The molecule has 0 fully saturated rings. The minimum Gasteiger partial charge on any atom is -0.467 e. The third-order valence-corrected chi connectivity index (χ3v) is 3.80. The van der Waals surface area contributed by atoms with Gasteiger partial charge >= 0.3 is 0 Å². The van der Waals surface area contributed by atoms with E-state index >= 15 is 0 Å². The quantitative estimate of drug-likeness (QED) is 0.657. The Morgan fingerprint density at radius 1 is 0.917 bits per heavy atom. The molecule has 2 unspecified atom stereocenters. The smallest absolute Gasteiger partial charge is 0.128 e. The Bertz CT molecular complexity index is 698. The second kappa shape index (κ2) is 8.34. The van der Waals surface area contributed by atoms with Crippen LogP contribution in [0.1, 0.15) is 17.4 Å². The molecule has 24 heavy (non-hydrogen) atoms. The van der Waals surface area contributed by atoms with Crippen LogP contribution in [0.15, 0.2) is 83.5 Å². The summed E-state index contributed by atoms with van der Waals surface area (Å²) >= 11 is 0. The van der Waals surface area contributed by atoms with Gasteiger partial charge in [0, 0.05) is 5.69 Å². The summed E-state index contributed by atoms with van der Waals surface area (Å²) in [5.41, 5.74) is 2.01. The van der Waals surface area contributed by atoms with E-state index in [0.717, 1.165) is 17.0 Å². The maximum atomic E-state index is 9.84. The molecule has 0 radical (unpaired) electrons. The van der Waals surface area contributed by atoms with Gasteiger partial charge in [0.25, 0.3) is 0 Å². The zero-order valence-corrected chi connectivity index (χ0v) is 13.3. The van der Waals surface area contributed by atoms with Crippen molar-refractivity contribution >= 4 is 5.69 Å². The molecule has 0 bridgehead atoms. The molecule has 0 aliphatic heterocycles. The molecule has 0 saturated heterocycles. The lowest BCUT2D eigenvalue weighted by Crippen LogP contribution is -2.31. The van der Waals surface area contributed by atoms with Crippen molar-refractivity contribution in [3.05, 3.63) is 90.4 Å². The fraction of sp³-hybridized carbons (Fsp3) is 0.200. The van der Waals surface area contributed by atoms with Crippen LogP contribution >= 0.6 is 0 Å². The van der Waals surface area contributed by atoms with Crippen LogP contribution in [0.4, 0.5) is 5.69 Å². The Morgan fingerprint density at radius 2 is 1.62 bits per heavy atom. The van der Waals surface area contributed by atoms with Gasteiger partial charge in [-0.1, -0.05) is 48.5 Å². The molecule has 4 nitrogen and oxygen atoms in total. The van der Waals surface area contributed by atoms with Crippen molar-refractivity contribution in [2.24, 2.45) is 0 Å². The number of furan rings is 1. The number of hydrogen-bond donors (Lipinski definition) is 2. The van der Waals surface area contributed by atoms with E-state index in [1.165, 1.54) is 0 Å². The van der Waals surface area contributed by atoms with Crippen molar-refractivity contribution in [2.45, 2.75) is 18.8 Å². The number of hydrogen-bond acceptors (Lipinski definition) is 4. The highest BCUT2D eigenvalue weighted by Crippen LogP contribution is 2.25. The van der Waals surface area contributed by atoms with Crippen LogP contribution in [0.25, 0.3) is 0 Å². The Labute approximate surface area is 141 Å². The van der Waals surface area contributed by atoms with Gasteiger partial charge in [-0.05, 0) is 29.8 Å². The van der Waals surface area contributed by atoms with E-state index in [1.807, 2.05) is 72.8 Å². The van der Waals surface area contributed by atoms with Gasteiger partial charge in [-0.2, -0.15) is 0 Å². The van der Waals surface area contributed by atoms with Gasteiger partial charge in [-0.25, -0.2) is 0 Å². The summed E-state index contributed by atoms with van der Waals surface area (Å²) in [6.07, 6.45) is 1.19. The Kier molecular flexibility index (Phi) is 5.66. The summed E-state index contributed by atoms with van der Waals surface area (Å²) in [5, 5.41) is 13.2. The normalized spacial score (nSPS) is 13.4. The van der Waals surface area contributed by atoms with Crippen LogP contribution < -0.4 is 5.32 Å². The summed E-state index contributed by atoms with van der Waals surface area (Å²) in [5.74, 6) is 0.728. The minimum absolute atomic E-state index is 0.113. The first-order chi connectivity index (χ1) is 11.9. The van der Waals surface area contributed by atoms with Gasteiger partial charge in [0.2, 0.25) is 0 Å². The van der Waals surface area contributed by atoms with Crippen molar-refractivity contribution in [2.75, 3.05) is 11.9 Å². The van der Waals surface area contributed by atoms with Gasteiger partial charge in [0.1, 0.15) is 17.9 Å². The molecule has 124 valence electrons. The summed E-state index contributed by atoms with van der Waals surface area (Å²) in [6.45, 7) is 0.317. The fourth-order valence-electron chi connectivity index (χ4n) is 2.56. The lowest BCUT2D eigenvalue weighted by Gasteiger charge is -2.26. The van der Waals surface area contributed by atoms with Gasteiger partial charge in [0.05, 0.1) is 19.5 Å². The predicted octanol–water partition coefficient (Wildman–Crippen LogP) is 4.01. The number of aliphatic hydroxyl groups is 1. The molecule has 3 rings (SSSR count). The lowest BCUT2D eigenvalue weighted by molar-refractivity contribution is -0.0123. The Morgan fingerprint density at radius 3 is 2.25 bits per heavy atom. The lowest BCUT2D eigenvalue weighted by atomic mass is 10.1. The van der Waals surface area contributed by atoms with Crippen LogP contribution in [0, 0.1) is 0 Å². The highest BCUT2D eigenvalue weighted by Gasteiger charge is 2.26. The molecular formula is C20H21NO3. The van der Waals surface area contributed by atoms with E-state index in [-0.39, 0.29) is 12.6 Å². The first kappa shape index (κ1) is 16.3. The standard InChI is InChI=1S/C20H21NO3/c22-14-19(24-15-16-8-3-1-4-9-16)20(18-12-7-13-23-18)21-17-10-5-2-6-11-17/h1-13,19-22H,14-15H2. The fourth-order valence-corrected chi connectivity index (χ4v) is 2.56. The maximum absolute atomic E-state index is 9.84. The van der Waals surface area contributed by atoms with Gasteiger partial charge < -0.3 is 19.6 Å². The molecule has 2 aromatic carbocycles. The molecular weight excluding hydrogens is 302 g/mol. The third-order valence-electron chi connectivity index (χ3n) is 3.80. The summed E-state index contributed by atoms with van der Waals surface area (Å²) in [6, 6.07) is 23.2. The van der Waals surface area contributed by atoms with Crippen molar-refractivity contribution in [3.8, 4) is 0 Å². The molecule has 1 aromatic heterocycles. The van der Waals surface area contributed by atoms with Crippen LogP contribution in [-0.2, 0) is 11.3 Å². The highest BCUT2D eigenvalue weighted by molar-refractivity contribution is 5.44. The number of ether oxygens (including phenoxy) is 1. The van der Waals surface area contributed by atoms with E-state index < -0.39 is 6.10 Å². The average molecular weight is 323 g/mol. The van der Waals surface area contributed by atoms with Crippen LogP contribution in [-0.4, -0.2) is 17.8 Å². The second-order valence-electron chi connectivity index (χ2n) is 5.52. The van der Waals surface area contributed by atoms with Crippen molar-refractivity contribution in [1.82, 2.24) is 0 Å². The number of rotatable bonds is 8. The second-order valence-corrected chi connectivity index (χ2v) is 5.52. The molecule has 3 aromatic rings.